The van der Waals surface area contributed by atoms with Crippen LogP contribution in [0.3, 0.4) is 0 Å². The predicted molar refractivity (Wildman–Crippen MR) is 436 cm³/mol. The molecule has 0 bridgehead atoms. The minimum atomic E-state index is -1.94. The van der Waals surface area contributed by atoms with Gasteiger partial charge in [-0.3, -0.25) is 0 Å². The monoisotopic (exact) mass is 1320 g/mol. The molecule has 9 aromatic carbocycles. The van der Waals surface area contributed by atoms with Gasteiger partial charge in [-0.25, -0.2) is 0 Å². The van der Waals surface area contributed by atoms with Gasteiger partial charge in [0.05, 0.1) is 0 Å². The molecule has 0 heterocycles. The minimum Gasteiger partial charge on any atom is -0.127 e. The second-order valence-electron chi connectivity index (χ2n) is 38.2. The van der Waals surface area contributed by atoms with Crippen LogP contribution in [0.2, 0.25) is 39.3 Å². The van der Waals surface area contributed by atoms with E-state index in [-0.39, 0.29) is 43.3 Å². The largest absolute Gasteiger partial charge is 0.129 e. The van der Waals surface area contributed by atoms with Crippen LogP contribution in [0.15, 0.2) is 121 Å². The lowest BCUT2D eigenvalue weighted by molar-refractivity contribution is 0.567. The van der Waals surface area contributed by atoms with Crippen molar-refractivity contribution >= 4 is 59.2 Å². The van der Waals surface area contributed by atoms with Crippen molar-refractivity contribution in [2.75, 3.05) is 0 Å². The molecular formula is C96H110Si2. The number of hydrogen-bond donors (Lipinski definition) is 0. The van der Waals surface area contributed by atoms with E-state index in [0.717, 1.165) is 98.7 Å². The molecule has 0 fully saturated rings. The molecular weight excluding hydrogens is 1210 g/mol. The summed E-state index contributed by atoms with van der Waals surface area (Å²) in [4.78, 5) is 0. The summed E-state index contributed by atoms with van der Waals surface area (Å²) in [5, 5.41) is 8.62. The van der Waals surface area contributed by atoms with E-state index >= 15 is 0 Å². The van der Waals surface area contributed by atoms with E-state index in [9.17, 15) is 0 Å². The molecule has 0 aromatic heterocycles. The Morgan fingerprint density at radius 1 is 0.194 bits per heavy atom. The number of fused-ring (bicyclic) bond motifs is 4. The van der Waals surface area contributed by atoms with Crippen molar-refractivity contribution in [1.82, 2.24) is 0 Å². The highest BCUT2D eigenvalue weighted by Crippen LogP contribution is 2.41. The van der Waals surface area contributed by atoms with E-state index in [1.54, 1.807) is 0 Å². The van der Waals surface area contributed by atoms with Crippen molar-refractivity contribution in [2.24, 2.45) is 0 Å². The molecule has 98 heavy (non-hydrogen) atoms. The highest BCUT2D eigenvalue weighted by Gasteiger charge is 2.26. The highest BCUT2D eigenvalue weighted by atomic mass is 28.3. The van der Waals surface area contributed by atoms with E-state index in [1.165, 1.54) is 44.5 Å². The Balaban J connectivity index is 1.41. The lowest BCUT2D eigenvalue weighted by Gasteiger charge is -2.25. The fourth-order valence-corrected chi connectivity index (χ4v) is 12.8. The summed E-state index contributed by atoms with van der Waals surface area (Å²) in [5.41, 5.74) is 27.0. The maximum atomic E-state index is 3.92. The Bertz CT molecular complexity index is 4370. The molecule has 2 heteroatoms. The fourth-order valence-electron chi connectivity index (χ4n) is 11.8. The molecule has 9 aromatic rings. The van der Waals surface area contributed by atoms with Crippen LogP contribution in [0.25, 0.3) is 43.1 Å². The number of benzene rings is 9. The van der Waals surface area contributed by atoms with E-state index in [2.05, 4.69) is 397 Å². The van der Waals surface area contributed by atoms with Gasteiger partial charge in [0, 0.05) is 55.6 Å². The molecule has 0 spiro atoms. The Kier molecular flexibility index (Phi) is 19.8. The van der Waals surface area contributed by atoms with Gasteiger partial charge in [0.25, 0.3) is 0 Å². The summed E-state index contributed by atoms with van der Waals surface area (Å²) >= 11 is 0. The van der Waals surface area contributed by atoms with Gasteiger partial charge in [-0.1, -0.05) is 289 Å². The van der Waals surface area contributed by atoms with E-state index in [1.807, 2.05) is 0 Å². The van der Waals surface area contributed by atoms with Crippen LogP contribution in [-0.4, -0.2) is 16.1 Å². The quantitative estimate of drug-likeness (QED) is 0.0806. The fraction of sp³-hybridized carbons (Fsp3) is 0.396. The molecule has 0 nitrogen and oxygen atoms in total. The van der Waals surface area contributed by atoms with E-state index in [0.29, 0.717) is 0 Å². The van der Waals surface area contributed by atoms with Gasteiger partial charge in [-0.05, 0) is 228 Å². The van der Waals surface area contributed by atoms with Crippen LogP contribution >= 0.6 is 0 Å². The zero-order chi connectivity index (χ0) is 72.6. The SMILES string of the molecule is CC(C)(C)c1cc(C#Cc2cc3cc4c(C#C[Si](C)(C)C)c5cc6cc(C#Cc7cc(C(C)(C)C)cc(C(C)(C)C)c7)c(C#Cc7cc(C(C)(C)C)cc(C(C)(C)C)c7)cc6cc5c(C#C[Si](C)(C)C)c4cc3cc2C#Cc2cc(C(C)(C)C)cc(C(C)(C)C)c2)cc(C(C)(C)C)c1. The topological polar surface area (TPSA) is 0 Å². The Labute approximate surface area is 595 Å². The first kappa shape index (κ1) is 74.0. The van der Waals surface area contributed by atoms with Crippen molar-refractivity contribution in [3.8, 4) is 70.3 Å². The summed E-state index contributed by atoms with van der Waals surface area (Å²) in [5.74, 6) is 37.8. The summed E-state index contributed by atoms with van der Waals surface area (Å²) in [7, 11) is -3.88. The first-order chi connectivity index (χ1) is 44.8. The average molecular weight is 1320 g/mol. The van der Waals surface area contributed by atoms with E-state index in [4.69, 9.17) is 0 Å². The summed E-state index contributed by atoms with van der Waals surface area (Å²) in [6.45, 7) is 68.9. The van der Waals surface area contributed by atoms with Gasteiger partial charge >= 0.3 is 0 Å². The lowest BCUT2D eigenvalue weighted by atomic mass is 9.79. The van der Waals surface area contributed by atoms with Crippen molar-refractivity contribution in [1.29, 1.82) is 0 Å². The van der Waals surface area contributed by atoms with Crippen LogP contribution < -0.4 is 0 Å². The van der Waals surface area contributed by atoms with Gasteiger partial charge < -0.3 is 0 Å². The van der Waals surface area contributed by atoms with E-state index < -0.39 is 16.1 Å². The number of hydrogen-bond acceptors (Lipinski definition) is 0. The molecule has 9 rings (SSSR count). The molecule has 0 saturated carbocycles. The Morgan fingerprint density at radius 2 is 0.357 bits per heavy atom. The smallest absolute Gasteiger partial charge is 0.127 e. The third-order valence-electron chi connectivity index (χ3n) is 18.5. The van der Waals surface area contributed by atoms with Crippen molar-refractivity contribution in [3.05, 3.63) is 221 Å². The summed E-state index contributed by atoms with van der Waals surface area (Å²) in [6.07, 6.45) is 0. The molecule has 502 valence electrons. The van der Waals surface area contributed by atoms with Crippen molar-refractivity contribution in [3.63, 3.8) is 0 Å². The first-order valence-corrected chi connectivity index (χ1v) is 42.5. The zero-order valence-electron chi connectivity index (χ0n) is 65.5. The van der Waals surface area contributed by atoms with Crippen LogP contribution in [0, 0.1) is 70.3 Å². The normalized spacial score (nSPS) is 12.7. The van der Waals surface area contributed by atoms with Crippen LogP contribution in [0.4, 0.5) is 0 Å². The first-order valence-electron chi connectivity index (χ1n) is 35.5. The lowest BCUT2D eigenvalue weighted by Crippen LogP contribution is -2.16. The van der Waals surface area contributed by atoms with Gasteiger partial charge in [0.15, 0.2) is 0 Å². The third-order valence-corrected chi connectivity index (χ3v) is 20.2. The molecule has 0 N–H and O–H groups in total. The number of rotatable bonds is 0. The van der Waals surface area contributed by atoms with Gasteiger partial charge in [-0.2, -0.15) is 0 Å². The van der Waals surface area contributed by atoms with Crippen LogP contribution in [-0.2, 0) is 43.3 Å². The molecule has 0 amide bonds. The predicted octanol–water partition coefficient (Wildman–Crippen LogP) is 24.7. The molecule has 0 aliphatic rings. The minimum absolute atomic E-state index is 0.0584. The molecule has 0 aliphatic carbocycles. The van der Waals surface area contributed by atoms with Crippen molar-refractivity contribution in [2.45, 2.75) is 249 Å². The van der Waals surface area contributed by atoms with Crippen LogP contribution in [0.5, 0.6) is 0 Å². The van der Waals surface area contributed by atoms with Gasteiger partial charge in [0.1, 0.15) is 16.1 Å². The average Bonchev–Trinajstić information content (AvgIpc) is 0.727. The molecule has 0 saturated heterocycles. The van der Waals surface area contributed by atoms with Crippen LogP contribution in [0.1, 0.15) is 266 Å². The molecule has 0 radical (unpaired) electrons. The Hall–Kier alpha value is -8.19. The molecule has 0 atom stereocenters. The van der Waals surface area contributed by atoms with Gasteiger partial charge in [0.2, 0.25) is 0 Å². The second-order valence-corrected chi connectivity index (χ2v) is 47.7. The molecule has 0 aliphatic heterocycles. The van der Waals surface area contributed by atoms with Crippen molar-refractivity contribution < 1.29 is 0 Å². The third kappa shape index (κ3) is 18.0. The molecule has 0 unspecified atom stereocenters. The summed E-state index contributed by atoms with van der Waals surface area (Å²) < 4.78 is 0. The highest BCUT2D eigenvalue weighted by molar-refractivity contribution is 6.84. The standard InChI is InChI=1S/C96H110Si2/c1-89(2,3)75-43-63(44-76(59-75)90(4,5)6)31-35-67-51-71-55-85-83(39-41-97(25,26)27)87-57-73-53-69(37-33-65-47-79(93(13,14)15)61-80(48-65)94(16,17)18)70(38-34-66-49-81(95(19,20)21)62-82(50-66)96(22,23)24)54-74(73)58-88(87)84(40-42-98(28,29)30)86(85)56-72(71)52-68(67)36-32-64-45-77(91(7,8)9)60-78(46-64)92(10,11)12/h43-62H,1-30H3. The summed E-state index contributed by atoms with van der Waals surface area (Å²) in [6, 6.07) is 46.3. The second kappa shape index (κ2) is 26.2. The van der Waals surface area contributed by atoms with Gasteiger partial charge in [-0.15, -0.1) is 11.1 Å². The zero-order valence-corrected chi connectivity index (χ0v) is 67.5. The maximum absolute atomic E-state index is 3.92. The Morgan fingerprint density at radius 3 is 0.500 bits per heavy atom. The maximum Gasteiger partial charge on any atom is 0.129 e.